The SMILES string of the molecule is CCOC(=O)Nc1ccc2c(CN3CCN(Cc4cc(C)on4)CC3)cc(=O)oc2c1. The fraction of sp³-hybridized carbons (Fsp3) is 0.409. The average molecular weight is 426 g/mol. The number of anilines is 1. The van der Waals surface area contributed by atoms with Crippen LogP contribution < -0.4 is 10.9 Å². The quantitative estimate of drug-likeness (QED) is 0.601. The summed E-state index contributed by atoms with van der Waals surface area (Å²) in [6.45, 7) is 8.96. The Morgan fingerprint density at radius 1 is 1.13 bits per heavy atom. The molecule has 0 atom stereocenters. The second-order valence-corrected chi connectivity index (χ2v) is 7.63. The first kappa shape index (κ1) is 21.1. The normalized spacial score (nSPS) is 15.3. The molecule has 1 aliphatic rings. The number of hydrogen-bond acceptors (Lipinski definition) is 8. The van der Waals surface area contributed by atoms with Crippen molar-refractivity contribution in [2.45, 2.75) is 26.9 Å². The van der Waals surface area contributed by atoms with Crippen LogP contribution in [-0.4, -0.2) is 53.8 Å². The predicted octanol–water partition coefficient (Wildman–Crippen LogP) is 2.98. The first-order valence-electron chi connectivity index (χ1n) is 10.4. The minimum absolute atomic E-state index is 0.282. The van der Waals surface area contributed by atoms with Gasteiger partial charge in [0.2, 0.25) is 0 Å². The van der Waals surface area contributed by atoms with Gasteiger partial charge >= 0.3 is 11.7 Å². The van der Waals surface area contributed by atoms with Gasteiger partial charge in [0.05, 0.1) is 12.3 Å². The van der Waals surface area contributed by atoms with Crippen molar-refractivity contribution in [1.82, 2.24) is 15.0 Å². The Balaban J connectivity index is 1.42. The zero-order chi connectivity index (χ0) is 21.8. The number of aromatic nitrogens is 1. The van der Waals surface area contributed by atoms with Crippen LogP contribution in [0.1, 0.15) is 23.9 Å². The summed E-state index contributed by atoms with van der Waals surface area (Å²) in [5.74, 6) is 0.823. The van der Waals surface area contributed by atoms with E-state index < -0.39 is 11.7 Å². The molecule has 0 bridgehead atoms. The second kappa shape index (κ2) is 9.32. The Hall–Kier alpha value is -3.17. The van der Waals surface area contributed by atoms with E-state index in [0.29, 0.717) is 17.8 Å². The Bertz CT molecular complexity index is 1110. The number of rotatable bonds is 6. The summed E-state index contributed by atoms with van der Waals surface area (Å²) < 4.78 is 15.4. The van der Waals surface area contributed by atoms with E-state index in [0.717, 1.165) is 55.1 Å². The van der Waals surface area contributed by atoms with Gasteiger partial charge in [0.1, 0.15) is 11.3 Å². The lowest BCUT2D eigenvalue weighted by Crippen LogP contribution is -2.45. The van der Waals surface area contributed by atoms with Gasteiger partial charge in [-0.15, -0.1) is 0 Å². The van der Waals surface area contributed by atoms with E-state index in [1.807, 2.05) is 19.1 Å². The van der Waals surface area contributed by atoms with Gasteiger partial charge in [-0.3, -0.25) is 15.1 Å². The van der Waals surface area contributed by atoms with Crippen LogP contribution in [0.4, 0.5) is 10.5 Å². The molecule has 0 radical (unpaired) electrons. The van der Waals surface area contributed by atoms with Gasteiger partial charge in [-0.1, -0.05) is 5.16 Å². The number of nitrogens with one attached hydrogen (secondary N) is 1. The van der Waals surface area contributed by atoms with Gasteiger partial charge in [0.15, 0.2) is 0 Å². The molecule has 1 saturated heterocycles. The highest BCUT2D eigenvalue weighted by Gasteiger charge is 2.19. The third kappa shape index (κ3) is 5.31. The molecular formula is C22H26N4O5. The molecular weight excluding hydrogens is 400 g/mol. The first-order chi connectivity index (χ1) is 15.0. The van der Waals surface area contributed by atoms with E-state index in [4.69, 9.17) is 13.7 Å². The van der Waals surface area contributed by atoms with Crippen molar-refractivity contribution in [2.24, 2.45) is 0 Å². The van der Waals surface area contributed by atoms with Crippen LogP contribution in [-0.2, 0) is 17.8 Å². The molecule has 0 saturated carbocycles. The van der Waals surface area contributed by atoms with Crippen molar-refractivity contribution >= 4 is 22.7 Å². The van der Waals surface area contributed by atoms with Crippen LogP contribution in [0, 0.1) is 6.92 Å². The van der Waals surface area contributed by atoms with Crippen molar-refractivity contribution in [3.05, 3.63) is 57.8 Å². The van der Waals surface area contributed by atoms with Crippen LogP contribution in [0.25, 0.3) is 11.0 Å². The molecule has 1 fully saturated rings. The van der Waals surface area contributed by atoms with Crippen molar-refractivity contribution in [2.75, 3.05) is 38.1 Å². The topological polar surface area (TPSA) is 101 Å². The highest BCUT2D eigenvalue weighted by atomic mass is 16.5. The second-order valence-electron chi connectivity index (χ2n) is 7.63. The van der Waals surface area contributed by atoms with Gasteiger partial charge in [-0.05, 0) is 31.5 Å². The molecule has 9 nitrogen and oxygen atoms in total. The van der Waals surface area contributed by atoms with Crippen LogP contribution >= 0.6 is 0 Å². The lowest BCUT2D eigenvalue weighted by molar-refractivity contribution is 0.120. The summed E-state index contributed by atoms with van der Waals surface area (Å²) in [4.78, 5) is 28.4. The average Bonchev–Trinajstić information content (AvgIpc) is 3.14. The number of carbonyl (C=O) groups excluding carboxylic acids is 1. The number of benzene rings is 1. The van der Waals surface area contributed by atoms with Gasteiger partial charge < -0.3 is 13.7 Å². The van der Waals surface area contributed by atoms with E-state index in [-0.39, 0.29) is 6.61 Å². The van der Waals surface area contributed by atoms with Crippen molar-refractivity contribution in [3.63, 3.8) is 0 Å². The molecule has 1 N–H and O–H groups in total. The highest BCUT2D eigenvalue weighted by Crippen LogP contribution is 2.23. The molecule has 1 amide bonds. The van der Waals surface area contributed by atoms with Gasteiger partial charge in [-0.2, -0.15) is 0 Å². The molecule has 3 aromatic rings. The van der Waals surface area contributed by atoms with E-state index >= 15 is 0 Å². The fourth-order valence-corrected chi connectivity index (χ4v) is 3.79. The smallest absolute Gasteiger partial charge is 0.411 e. The lowest BCUT2D eigenvalue weighted by atomic mass is 10.1. The monoisotopic (exact) mass is 426 g/mol. The summed E-state index contributed by atoms with van der Waals surface area (Å²) in [6.07, 6.45) is -0.543. The minimum Gasteiger partial charge on any atom is -0.450 e. The first-order valence-corrected chi connectivity index (χ1v) is 10.4. The van der Waals surface area contributed by atoms with Crippen LogP contribution in [0.2, 0.25) is 0 Å². The Morgan fingerprint density at radius 3 is 2.55 bits per heavy atom. The van der Waals surface area contributed by atoms with E-state index in [9.17, 15) is 9.59 Å². The number of amides is 1. The maximum Gasteiger partial charge on any atom is 0.411 e. The molecule has 0 aliphatic carbocycles. The summed E-state index contributed by atoms with van der Waals surface area (Å²) >= 11 is 0. The molecule has 1 aromatic carbocycles. The van der Waals surface area contributed by atoms with Gasteiger partial charge in [0.25, 0.3) is 0 Å². The standard InChI is InChI=1S/C22H26N4O5/c1-3-29-22(28)23-17-4-5-19-16(11-21(27)30-20(19)12-17)13-25-6-8-26(9-7-25)14-18-10-15(2)31-24-18/h4-5,10-12H,3,6-9,13-14H2,1-2H3,(H,23,28). The van der Waals surface area contributed by atoms with Crippen LogP contribution in [0.5, 0.6) is 0 Å². The van der Waals surface area contributed by atoms with Crippen molar-refractivity contribution < 1.29 is 18.5 Å². The molecule has 4 rings (SSSR count). The highest BCUT2D eigenvalue weighted by molar-refractivity contribution is 5.89. The molecule has 2 aromatic heterocycles. The number of piperazine rings is 1. The fourth-order valence-electron chi connectivity index (χ4n) is 3.79. The zero-order valence-corrected chi connectivity index (χ0v) is 17.7. The molecule has 31 heavy (non-hydrogen) atoms. The van der Waals surface area contributed by atoms with Gasteiger partial charge in [0, 0.05) is 68.5 Å². The Morgan fingerprint density at radius 2 is 1.87 bits per heavy atom. The molecule has 164 valence electrons. The maximum atomic E-state index is 12.1. The van der Waals surface area contributed by atoms with Crippen LogP contribution in [0.3, 0.4) is 0 Å². The molecule has 0 unspecified atom stereocenters. The summed E-state index contributed by atoms with van der Waals surface area (Å²) in [6, 6.07) is 8.80. The Labute approximate surface area is 179 Å². The van der Waals surface area contributed by atoms with E-state index in [1.54, 1.807) is 25.1 Å². The lowest BCUT2D eigenvalue weighted by Gasteiger charge is -2.34. The largest absolute Gasteiger partial charge is 0.450 e. The zero-order valence-electron chi connectivity index (χ0n) is 17.7. The summed E-state index contributed by atoms with van der Waals surface area (Å²) in [5.41, 5.74) is 2.41. The van der Waals surface area contributed by atoms with E-state index in [1.165, 1.54) is 0 Å². The van der Waals surface area contributed by atoms with Gasteiger partial charge in [-0.25, -0.2) is 9.59 Å². The molecule has 1 aliphatic heterocycles. The number of nitrogens with zero attached hydrogens (tertiary/aromatic N) is 3. The number of aryl methyl sites for hydroxylation is 1. The molecule has 9 heteroatoms. The minimum atomic E-state index is -0.543. The van der Waals surface area contributed by atoms with Crippen molar-refractivity contribution in [1.29, 1.82) is 0 Å². The summed E-state index contributed by atoms with van der Waals surface area (Å²) in [5, 5.41) is 7.55. The Kier molecular flexibility index (Phi) is 6.34. The summed E-state index contributed by atoms with van der Waals surface area (Å²) in [7, 11) is 0. The third-order valence-electron chi connectivity index (χ3n) is 5.27. The maximum absolute atomic E-state index is 12.1. The number of hydrogen-bond donors (Lipinski definition) is 1. The molecule has 0 spiro atoms. The number of fused-ring (bicyclic) bond motifs is 1. The molecule has 3 heterocycles. The van der Waals surface area contributed by atoms with Crippen molar-refractivity contribution in [3.8, 4) is 0 Å². The van der Waals surface area contributed by atoms with E-state index in [2.05, 4.69) is 20.3 Å². The predicted molar refractivity (Wildman–Crippen MR) is 115 cm³/mol. The van der Waals surface area contributed by atoms with Crippen LogP contribution in [0.15, 0.2) is 44.1 Å². The number of ether oxygens (including phenoxy) is 1. The number of carbonyl (C=O) groups is 1. The third-order valence-corrected chi connectivity index (χ3v) is 5.27.